The number of nitrogens with zero attached hydrogens (tertiary/aromatic N) is 2. The molecule has 0 fully saturated rings. The molecule has 160 valence electrons. The van der Waals surface area contributed by atoms with Gasteiger partial charge >= 0.3 is 0 Å². The number of halogens is 1. The third-order valence-corrected chi connectivity index (χ3v) is 6.54. The van der Waals surface area contributed by atoms with Crippen molar-refractivity contribution < 1.29 is 18.0 Å². The normalized spacial score (nSPS) is 13.3. The molecule has 1 aromatic carbocycles. The molecule has 0 bridgehead atoms. The van der Waals surface area contributed by atoms with Gasteiger partial charge in [-0.3, -0.25) is 19.3 Å². The number of benzene rings is 1. The maximum absolute atomic E-state index is 12.9. The fourth-order valence-corrected chi connectivity index (χ4v) is 5.09. The molecule has 2 N–H and O–H groups in total. The SMILES string of the molecule is CN1C(=O)Cc2sc(C(=O)Nc3cc(Cl)cc(NS(C)(=O)=O)c3)cc2-c2ncccc21. The quantitative estimate of drug-likeness (QED) is 0.598. The minimum Gasteiger partial charge on any atom is -0.321 e. The molecule has 8 nitrogen and oxygen atoms in total. The number of aromatic nitrogens is 1. The van der Waals surface area contributed by atoms with Crippen molar-refractivity contribution in [1.82, 2.24) is 4.98 Å². The molecule has 0 saturated heterocycles. The van der Waals surface area contributed by atoms with E-state index < -0.39 is 15.9 Å². The lowest BCUT2D eigenvalue weighted by Crippen LogP contribution is -2.26. The van der Waals surface area contributed by atoms with Gasteiger partial charge in [-0.15, -0.1) is 11.3 Å². The third-order valence-electron chi connectivity index (χ3n) is 4.58. The van der Waals surface area contributed by atoms with Crippen LogP contribution in [0.3, 0.4) is 0 Å². The second-order valence-electron chi connectivity index (χ2n) is 7.01. The van der Waals surface area contributed by atoms with Crippen LogP contribution in [0.4, 0.5) is 17.1 Å². The summed E-state index contributed by atoms with van der Waals surface area (Å²) >= 11 is 7.28. The Labute approximate surface area is 187 Å². The smallest absolute Gasteiger partial charge is 0.265 e. The number of anilines is 3. The summed E-state index contributed by atoms with van der Waals surface area (Å²) in [6.07, 6.45) is 2.83. The van der Waals surface area contributed by atoms with Gasteiger partial charge < -0.3 is 10.2 Å². The maximum atomic E-state index is 12.9. The van der Waals surface area contributed by atoms with E-state index in [1.807, 2.05) is 6.07 Å². The zero-order valence-electron chi connectivity index (χ0n) is 16.5. The van der Waals surface area contributed by atoms with Crippen molar-refractivity contribution in [1.29, 1.82) is 0 Å². The highest BCUT2D eigenvalue weighted by Crippen LogP contribution is 2.39. The maximum Gasteiger partial charge on any atom is 0.265 e. The van der Waals surface area contributed by atoms with Crippen LogP contribution in [0.5, 0.6) is 0 Å². The van der Waals surface area contributed by atoms with Crippen LogP contribution < -0.4 is 14.9 Å². The Kier molecular flexibility index (Phi) is 5.46. The summed E-state index contributed by atoms with van der Waals surface area (Å²) in [5.74, 6) is -0.489. The zero-order valence-corrected chi connectivity index (χ0v) is 18.9. The summed E-state index contributed by atoms with van der Waals surface area (Å²) in [6, 6.07) is 9.72. The molecule has 3 aromatic rings. The molecule has 0 spiro atoms. The van der Waals surface area contributed by atoms with Gasteiger partial charge in [0.1, 0.15) is 0 Å². The summed E-state index contributed by atoms with van der Waals surface area (Å²) in [7, 11) is -1.79. The molecule has 3 heterocycles. The zero-order chi connectivity index (χ0) is 22.3. The van der Waals surface area contributed by atoms with E-state index in [9.17, 15) is 18.0 Å². The van der Waals surface area contributed by atoms with Crippen molar-refractivity contribution >= 4 is 61.8 Å². The predicted octanol–water partition coefficient (Wildman–Crippen LogP) is 3.61. The number of likely N-dealkylation sites (N-methyl/N-ethyl adjacent to an activating group) is 1. The van der Waals surface area contributed by atoms with Crippen LogP contribution in [0.15, 0.2) is 42.6 Å². The van der Waals surface area contributed by atoms with E-state index in [4.69, 9.17) is 11.6 Å². The van der Waals surface area contributed by atoms with E-state index in [2.05, 4.69) is 15.0 Å². The summed E-state index contributed by atoms with van der Waals surface area (Å²) in [5.41, 5.74) is 2.64. The number of pyridine rings is 1. The van der Waals surface area contributed by atoms with Gasteiger partial charge in [-0.05, 0) is 36.4 Å². The van der Waals surface area contributed by atoms with Crippen LogP contribution in [-0.2, 0) is 21.2 Å². The summed E-state index contributed by atoms with van der Waals surface area (Å²) in [6.45, 7) is 0. The van der Waals surface area contributed by atoms with Gasteiger partial charge in [0.15, 0.2) is 0 Å². The van der Waals surface area contributed by atoms with E-state index in [1.165, 1.54) is 29.5 Å². The minimum absolute atomic E-state index is 0.0897. The first kappa shape index (κ1) is 21.3. The number of hydrogen-bond donors (Lipinski definition) is 2. The lowest BCUT2D eigenvalue weighted by atomic mass is 10.1. The Balaban J connectivity index is 1.66. The predicted molar refractivity (Wildman–Crippen MR) is 123 cm³/mol. The van der Waals surface area contributed by atoms with Crippen LogP contribution in [0, 0.1) is 0 Å². The Morgan fingerprint density at radius 1 is 1.23 bits per heavy atom. The first-order valence-corrected chi connectivity index (χ1v) is 12.1. The van der Waals surface area contributed by atoms with Crippen LogP contribution in [-0.4, -0.2) is 38.5 Å². The number of amides is 2. The van der Waals surface area contributed by atoms with Gasteiger partial charge in [0, 0.05) is 34.4 Å². The van der Waals surface area contributed by atoms with Gasteiger partial charge in [-0.25, -0.2) is 8.42 Å². The monoisotopic (exact) mass is 476 g/mol. The molecular formula is C20H17ClN4O4S2. The van der Waals surface area contributed by atoms with Crippen LogP contribution in [0.1, 0.15) is 14.5 Å². The number of carbonyl (C=O) groups is 2. The van der Waals surface area contributed by atoms with Crippen LogP contribution >= 0.6 is 22.9 Å². The molecular weight excluding hydrogens is 460 g/mol. The lowest BCUT2D eigenvalue weighted by molar-refractivity contribution is -0.117. The molecule has 0 saturated carbocycles. The minimum atomic E-state index is -3.50. The summed E-state index contributed by atoms with van der Waals surface area (Å²) in [4.78, 5) is 32.6. The molecule has 11 heteroatoms. The fraction of sp³-hybridized carbons (Fsp3) is 0.150. The number of fused-ring (bicyclic) bond motifs is 3. The van der Waals surface area contributed by atoms with Gasteiger partial charge in [-0.1, -0.05) is 11.6 Å². The number of sulfonamides is 1. The molecule has 0 atom stereocenters. The number of nitrogens with one attached hydrogen (secondary N) is 2. The van der Waals surface area contributed by atoms with Crippen LogP contribution in [0.2, 0.25) is 5.02 Å². The van der Waals surface area contributed by atoms with Gasteiger partial charge in [0.2, 0.25) is 15.9 Å². The van der Waals surface area contributed by atoms with Crippen molar-refractivity contribution in [2.24, 2.45) is 0 Å². The number of carbonyl (C=O) groups excluding carboxylic acids is 2. The van der Waals surface area contributed by atoms with Crippen molar-refractivity contribution in [2.75, 3.05) is 28.2 Å². The first-order chi connectivity index (χ1) is 14.6. The van der Waals surface area contributed by atoms with E-state index in [0.717, 1.165) is 16.7 Å². The fourth-order valence-electron chi connectivity index (χ4n) is 3.27. The number of hydrogen-bond acceptors (Lipinski definition) is 6. The third kappa shape index (κ3) is 4.55. The second-order valence-corrected chi connectivity index (χ2v) is 10.3. The van der Waals surface area contributed by atoms with E-state index in [-0.39, 0.29) is 23.0 Å². The first-order valence-electron chi connectivity index (χ1n) is 9.05. The molecule has 0 aliphatic carbocycles. The molecule has 4 rings (SSSR count). The van der Waals surface area contributed by atoms with Crippen molar-refractivity contribution in [2.45, 2.75) is 6.42 Å². The molecule has 1 aliphatic rings. The van der Waals surface area contributed by atoms with Crippen LogP contribution in [0.25, 0.3) is 11.3 Å². The molecule has 0 unspecified atom stereocenters. The highest BCUT2D eigenvalue weighted by molar-refractivity contribution is 7.92. The Bertz CT molecular complexity index is 1320. The second kappa shape index (κ2) is 7.95. The number of thiophene rings is 1. The van der Waals surface area contributed by atoms with Gasteiger partial charge in [0.05, 0.1) is 34.6 Å². The largest absolute Gasteiger partial charge is 0.321 e. The highest BCUT2D eigenvalue weighted by atomic mass is 35.5. The number of rotatable bonds is 4. The van der Waals surface area contributed by atoms with E-state index >= 15 is 0 Å². The molecule has 31 heavy (non-hydrogen) atoms. The topological polar surface area (TPSA) is 108 Å². The molecule has 2 amide bonds. The lowest BCUT2D eigenvalue weighted by Gasteiger charge is -2.16. The van der Waals surface area contributed by atoms with Crippen molar-refractivity contribution in [3.05, 3.63) is 57.4 Å². The standard InChI is InChI=1S/C20H17ClN4O4S2/c1-25-15-4-3-5-22-19(15)14-9-17(30-16(14)10-18(25)26)20(27)23-12-6-11(21)7-13(8-12)24-31(2,28)29/h3-9,24H,10H2,1-2H3,(H,23,27). The summed E-state index contributed by atoms with van der Waals surface area (Å²) in [5, 5.41) is 2.99. The van der Waals surface area contributed by atoms with E-state index in [1.54, 1.807) is 30.3 Å². The van der Waals surface area contributed by atoms with Crippen molar-refractivity contribution in [3.8, 4) is 11.3 Å². The average Bonchev–Trinajstić information content (AvgIpc) is 3.05. The van der Waals surface area contributed by atoms with Gasteiger partial charge in [0.25, 0.3) is 5.91 Å². The average molecular weight is 477 g/mol. The molecule has 1 aliphatic heterocycles. The Morgan fingerprint density at radius 3 is 2.71 bits per heavy atom. The summed E-state index contributed by atoms with van der Waals surface area (Å²) < 4.78 is 25.3. The Morgan fingerprint density at radius 2 is 1.97 bits per heavy atom. The van der Waals surface area contributed by atoms with E-state index in [0.29, 0.717) is 21.9 Å². The molecule has 2 aromatic heterocycles. The van der Waals surface area contributed by atoms with Crippen molar-refractivity contribution in [3.63, 3.8) is 0 Å². The van der Waals surface area contributed by atoms with Gasteiger partial charge in [-0.2, -0.15) is 0 Å². The Hall–Kier alpha value is -2.95. The molecule has 0 radical (unpaired) electrons. The highest BCUT2D eigenvalue weighted by Gasteiger charge is 2.27.